The molecule has 3 aromatic carbocycles. The quantitative estimate of drug-likeness (QED) is 0.405. The van der Waals surface area contributed by atoms with Gasteiger partial charge in [0.05, 0.1) is 0 Å². The van der Waals surface area contributed by atoms with Crippen LogP contribution in [0.2, 0.25) is 5.02 Å². The van der Waals surface area contributed by atoms with Crippen molar-refractivity contribution in [2.45, 2.75) is 58.7 Å². The molecule has 0 saturated heterocycles. The maximum atomic E-state index is 13.6. The second-order valence-corrected chi connectivity index (χ2v) is 9.44. The second kappa shape index (κ2) is 12.4. The van der Waals surface area contributed by atoms with Crippen LogP contribution in [0.25, 0.3) is 0 Å². The monoisotopic (exact) mass is 476 g/mol. The third kappa shape index (κ3) is 7.74. The first-order valence-electron chi connectivity index (χ1n) is 11.8. The van der Waals surface area contributed by atoms with E-state index in [2.05, 4.69) is 29.6 Å². The van der Waals surface area contributed by atoms with E-state index in [0.29, 0.717) is 30.8 Å². The highest BCUT2D eigenvalue weighted by atomic mass is 35.5. The van der Waals surface area contributed by atoms with Crippen molar-refractivity contribution in [2.75, 3.05) is 0 Å². The van der Waals surface area contributed by atoms with Crippen molar-refractivity contribution < 1.29 is 9.59 Å². The number of nitrogens with zero attached hydrogens (tertiary/aromatic N) is 1. The lowest BCUT2D eigenvalue weighted by Gasteiger charge is -2.32. The predicted octanol–water partition coefficient (Wildman–Crippen LogP) is 5.75. The zero-order valence-electron chi connectivity index (χ0n) is 20.1. The lowest BCUT2D eigenvalue weighted by atomic mass is 10.0. The number of hydrogen-bond acceptors (Lipinski definition) is 2. The van der Waals surface area contributed by atoms with Crippen LogP contribution in [0.3, 0.4) is 0 Å². The molecule has 0 spiro atoms. The van der Waals surface area contributed by atoms with Crippen LogP contribution >= 0.6 is 11.6 Å². The highest BCUT2D eigenvalue weighted by Gasteiger charge is 2.30. The Kier molecular flexibility index (Phi) is 9.29. The van der Waals surface area contributed by atoms with Crippen LogP contribution in [0, 0.1) is 6.92 Å². The van der Waals surface area contributed by atoms with Gasteiger partial charge in [0.2, 0.25) is 11.8 Å². The summed E-state index contributed by atoms with van der Waals surface area (Å²) in [6, 6.07) is 24.9. The predicted molar refractivity (Wildman–Crippen MR) is 139 cm³/mol. The zero-order valence-corrected chi connectivity index (χ0v) is 20.9. The van der Waals surface area contributed by atoms with Gasteiger partial charge < -0.3 is 10.2 Å². The van der Waals surface area contributed by atoms with Crippen LogP contribution in [-0.4, -0.2) is 28.8 Å². The van der Waals surface area contributed by atoms with Gasteiger partial charge in [-0.05, 0) is 56.0 Å². The fraction of sp³-hybridized carbons (Fsp3) is 0.310. The fourth-order valence-corrected chi connectivity index (χ4v) is 4.00. The van der Waals surface area contributed by atoms with Gasteiger partial charge in [-0.25, -0.2) is 0 Å². The van der Waals surface area contributed by atoms with Crippen molar-refractivity contribution in [3.63, 3.8) is 0 Å². The molecule has 0 fully saturated rings. The Bertz CT molecular complexity index is 1060. The number of nitrogens with one attached hydrogen (secondary N) is 1. The highest BCUT2D eigenvalue weighted by Crippen LogP contribution is 2.18. The van der Waals surface area contributed by atoms with Gasteiger partial charge in [-0.2, -0.15) is 0 Å². The summed E-state index contributed by atoms with van der Waals surface area (Å²) in [5.41, 5.74) is 4.24. The van der Waals surface area contributed by atoms with Crippen molar-refractivity contribution in [1.29, 1.82) is 0 Å². The number of carbonyl (C=O) groups excluding carboxylic acids is 2. The maximum Gasteiger partial charge on any atom is 0.243 e. The molecule has 0 bridgehead atoms. The normalized spacial score (nSPS) is 11.8. The van der Waals surface area contributed by atoms with Gasteiger partial charge in [0.1, 0.15) is 6.04 Å². The first-order chi connectivity index (χ1) is 16.3. The molecule has 1 N–H and O–H groups in total. The first-order valence-corrected chi connectivity index (χ1v) is 12.1. The summed E-state index contributed by atoms with van der Waals surface area (Å²) in [6.45, 7) is 6.25. The molecule has 0 aliphatic heterocycles. The number of halogens is 1. The van der Waals surface area contributed by atoms with Gasteiger partial charge in [-0.1, -0.05) is 83.9 Å². The lowest BCUT2D eigenvalue weighted by Crippen LogP contribution is -2.51. The third-order valence-electron chi connectivity index (χ3n) is 5.72. The number of rotatable bonds is 10. The molecular weight excluding hydrogens is 444 g/mol. The Morgan fingerprint density at radius 3 is 2.09 bits per heavy atom. The molecule has 0 saturated carbocycles. The van der Waals surface area contributed by atoms with E-state index in [1.165, 1.54) is 5.56 Å². The van der Waals surface area contributed by atoms with Crippen molar-refractivity contribution in [1.82, 2.24) is 10.2 Å². The van der Waals surface area contributed by atoms with Crippen molar-refractivity contribution in [3.05, 3.63) is 106 Å². The molecule has 0 unspecified atom stereocenters. The van der Waals surface area contributed by atoms with E-state index >= 15 is 0 Å². The van der Waals surface area contributed by atoms with Crippen molar-refractivity contribution in [3.8, 4) is 0 Å². The largest absolute Gasteiger partial charge is 0.352 e. The van der Waals surface area contributed by atoms with E-state index in [1.807, 2.05) is 75.4 Å². The second-order valence-electron chi connectivity index (χ2n) is 9.00. The summed E-state index contributed by atoms with van der Waals surface area (Å²) in [7, 11) is 0. The Hall–Kier alpha value is -3.11. The molecule has 5 heteroatoms. The standard InChI is InChI=1S/C29H33ClN2O2/c1-21(2)31-29(34)27(19-24-7-5-4-6-8-24)32(20-25-13-16-26(30)17-14-25)28(33)18-15-23-11-9-22(3)10-12-23/h4-14,16-17,21,27H,15,18-20H2,1-3H3,(H,31,34)/t27-/m0/s1. The van der Waals surface area contributed by atoms with Crippen LogP contribution in [-0.2, 0) is 29.0 Å². The van der Waals surface area contributed by atoms with Crippen LogP contribution in [0.5, 0.6) is 0 Å². The summed E-state index contributed by atoms with van der Waals surface area (Å²) >= 11 is 6.07. The molecule has 1 atom stereocenters. The summed E-state index contributed by atoms with van der Waals surface area (Å²) in [6.07, 6.45) is 1.40. The van der Waals surface area contributed by atoms with Crippen LogP contribution in [0.4, 0.5) is 0 Å². The summed E-state index contributed by atoms with van der Waals surface area (Å²) in [5.74, 6) is -0.188. The number of benzene rings is 3. The Morgan fingerprint density at radius 1 is 0.853 bits per heavy atom. The first kappa shape index (κ1) is 25.5. The van der Waals surface area contributed by atoms with E-state index in [1.54, 1.807) is 4.90 Å². The fourth-order valence-electron chi connectivity index (χ4n) is 3.87. The number of amides is 2. The average Bonchev–Trinajstić information content (AvgIpc) is 2.82. The minimum absolute atomic E-state index is 0.0224. The lowest BCUT2D eigenvalue weighted by molar-refractivity contribution is -0.141. The molecule has 3 rings (SSSR count). The minimum Gasteiger partial charge on any atom is -0.352 e. The molecule has 178 valence electrons. The number of carbonyl (C=O) groups is 2. The van der Waals surface area contributed by atoms with E-state index in [0.717, 1.165) is 16.7 Å². The van der Waals surface area contributed by atoms with Crippen molar-refractivity contribution in [2.24, 2.45) is 0 Å². The topological polar surface area (TPSA) is 49.4 Å². The Balaban J connectivity index is 1.89. The number of hydrogen-bond donors (Lipinski definition) is 1. The van der Waals surface area contributed by atoms with E-state index in [9.17, 15) is 9.59 Å². The molecule has 4 nitrogen and oxygen atoms in total. The highest BCUT2D eigenvalue weighted by molar-refractivity contribution is 6.30. The van der Waals surface area contributed by atoms with Crippen LogP contribution in [0.1, 0.15) is 42.5 Å². The van der Waals surface area contributed by atoms with E-state index in [-0.39, 0.29) is 17.9 Å². The maximum absolute atomic E-state index is 13.6. The van der Waals surface area contributed by atoms with E-state index in [4.69, 9.17) is 11.6 Å². The molecule has 34 heavy (non-hydrogen) atoms. The van der Waals surface area contributed by atoms with Gasteiger partial charge in [-0.15, -0.1) is 0 Å². The van der Waals surface area contributed by atoms with Gasteiger partial charge in [0, 0.05) is 30.5 Å². The van der Waals surface area contributed by atoms with Gasteiger partial charge in [-0.3, -0.25) is 9.59 Å². The van der Waals surface area contributed by atoms with E-state index < -0.39 is 6.04 Å². The molecule has 2 amide bonds. The zero-order chi connectivity index (χ0) is 24.5. The SMILES string of the molecule is Cc1ccc(CCC(=O)N(Cc2ccc(Cl)cc2)[C@@H](Cc2ccccc2)C(=O)NC(C)C)cc1. The molecule has 0 aliphatic carbocycles. The number of aryl methyl sites for hydroxylation is 2. The minimum atomic E-state index is -0.619. The van der Waals surface area contributed by atoms with Gasteiger partial charge >= 0.3 is 0 Å². The van der Waals surface area contributed by atoms with Gasteiger partial charge in [0.15, 0.2) is 0 Å². The van der Waals surface area contributed by atoms with Crippen LogP contribution < -0.4 is 5.32 Å². The molecule has 3 aromatic rings. The summed E-state index contributed by atoms with van der Waals surface area (Å²) in [4.78, 5) is 28.7. The van der Waals surface area contributed by atoms with Gasteiger partial charge in [0.25, 0.3) is 0 Å². The van der Waals surface area contributed by atoms with Crippen molar-refractivity contribution >= 4 is 23.4 Å². The molecule has 0 heterocycles. The molecule has 0 radical (unpaired) electrons. The average molecular weight is 477 g/mol. The summed E-state index contributed by atoms with van der Waals surface area (Å²) in [5, 5.41) is 3.66. The Labute approximate surface area is 207 Å². The molecule has 0 aliphatic rings. The summed E-state index contributed by atoms with van der Waals surface area (Å²) < 4.78 is 0. The molecular formula is C29H33ClN2O2. The molecule has 0 aromatic heterocycles. The third-order valence-corrected chi connectivity index (χ3v) is 5.97. The smallest absolute Gasteiger partial charge is 0.243 e. The van der Waals surface area contributed by atoms with Crippen LogP contribution in [0.15, 0.2) is 78.9 Å². The Morgan fingerprint density at radius 2 is 1.47 bits per heavy atom.